The maximum absolute atomic E-state index is 13.0. The van der Waals surface area contributed by atoms with Gasteiger partial charge in [-0.2, -0.15) is 0 Å². The second-order valence-corrected chi connectivity index (χ2v) is 7.05. The lowest BCUT2D eigenvalue weighted by molar-refractivity contribution is -0.00408. The third-order valence-corrected chi connectivity index (χ3v) is 5.17. The van der Waals surface area contributed by atoms with Gasteiger partial charge in [0.05, 0.1) is 35.9 Å². The molecule has 3 heterocycles. The number of pyridine rings is 1. The van der Waals surface area contributed by atoms with Gasteiger partial charge in [0.25, 0.3) is 5.91 Å². The van der Waals surface area contributed by atoms with Crippen LogP contribution in [0, 0.1) is 0 Å². The zero-order chi connectivity index (χ0) is 19.3. The van der Waals surface area contributed by atoms with Gasteiger partial charge in [0, 0.05) is 31.7 Å². The predicted molar refractivity (Wildman–Crippen MR) is 105 cm³/mol. The van der Waals surface area contributed by atoms with Crippen molar-refractivity contribution in [3.63, 3.8) is 0 Å². The molecule has 0 saturated heterocycles. The topological polar surface area (TPSA) is 94.1 Å². The van der Waals surface area contributed by atoms with Crippen molar-refractivity contribution < 1.29 is 14.3 Å². The van der Waals surface area contributed by atoms with Gasteiger partial charge < -0.3 is 19.8 Å². The number of carbonyl (C=O) groups excluding carboxylic acids is 1. The normalized spacial score (nSPS) is 19.8. The first-order chi connectivity index (χ1) is 13.7. The molecule has 0 bridgehead atoms. The van der Waals surface area contributed by atoms with Crippen LogP contribution in [0.3, 0.4) is 0 Å². The van der Waals surface area contributed by atoms with Crippen molar-refractivity contribution in [3.8, 4) is 5.82 Å². The largest absolute Gasteiger partial charge is 0.382 e. The third-order valence-electron chi connectivity index (χ3n) is 5.17. The highest BCUT2D eigenvalue weighted by molar-refractivity contribution is 6.05. The molecule has 1 saturated carbocycles. The zero-order valence-corrected chi connectivity index (χ0v) is 15.9. The van der Waals surface area contributed by atoms with Gasteiger partial charge in [-0.1, -0.05) is 0 Å². The quantitative estimate of drug-likeness (QED) is 0.611. The van der Waals surface area contributed by atoms with Crippen LogP contribution in [0.5, 0.6) is 0 Å². The Hall–Kier alpha value is -2.71. The van der Waals surface area contributed by atoms with Crippen LogP contribution in [0.4, 0.5) is 0 Å². The third kappa shape index (κ3) is 4.07. The molecule has 8 nitrogen and oxygen atoms in total. The average molecular weight is 383 g/mol. The van der Waals surface area contributed by atoms with Crippen LogP contribution >= 0.6 is 0 Å². The molecule has 28 heavy (non-hydrogen) atoms. The predicted octanol–water partition coefficient (Wildman–Crippen LogP) is 2.45. The molecular formula is C20H25N5O3. The lowest BCUT2D eigenvalue weighted by Gasteiger charge is -2.29. The van der Waals surface area contributed by atoms with Crippen LogP contribution < -0.4 is 5.32 Å². The Morgan fingerprint density at radius 2 is 2.18 bits per heavy atom. The van der Waals surface area contributed by atoms with Crippen LogP contribution in [0.25, 0.3) is 16.9 Å². The number of amides is 1. The number of ether oxygens (including phenoxy) is 2. The Labute approximate surface area is 163 Å². The molecule has 4 rings (SSSR count). The smallest absolute Gasteiger partial charge is 0.253 e. The minimum atomic E-state index is -0.0834. The fraction of sp³-hybridized carbons (Fsp3) is 0.450. The van der Waals surface area contributed by atoms with E-state index in [2.05, 4.69) is 20.3 Å². The van der Waals surface area contributed by atoms with Gasteiger partial charge in [0.15, 0.2) is 0 Å². The number of nitrogens with one attached hydrogen (secondary N) is 2. The number of nitrogens with zero attached hydrogens (tertiary/aromatic N) is 3. The molecule has 0 aromatic carbocycles. The second-order valence-electron chi connectivity index (χ2n) is 7.05. The van der Waals surface area contributed by atoms with Crippen LogP contribution in [0.15, 0.2) is 37.1 Å². The summed E-state index contributed by atoms with van der Waals surface area (Å²) in [6, 6.07) is 3.83. The Morgan fingerprint density at radius 3 is 2.93 bits per heavy atom. The minimum absolute atomic E-state index is 0.0834. The molecule has 1 aliphatic carbocycles. The van der Waals surface area contributed by atoms with E-state index in [4.69, 9.17) is 9.47 Å². The van der Waals surface area contributed by atoms with Crippen LogP contribution in [-0.2, 0) is 9.47 Å². The molecule has 3 aromatic rings. The number of imidazole rings is 1. The van der Waals surface area contributed by atoms with Gasteiger partial charge in [0.1, 0.15) is 12.1 Å². The molecule has 0 atom stereocenters. The number of hydrogen-bond acceptors (Lipinski definition) is 5. The van der Waals surface area contributed by atoms with Gasteiger partial charge in [-0.05, 0) is 37.8 Å². The summed E-state index contributed by atoms with van der Waals surface area (Å²) in [6.07, 6.45) is 11.0. The molecule has 148 valence electrons. The van der Waals surface area contributed by atoms with E-state index in [1.54, 1.807) is 36.5 Å². The molecule has 0 aliphatic heterocycles. The monoisotopic (exact) mass is 383 g/mol. The van der Waals surface area contributed by atoms with Crippen LogP contribution in [-0.4, -0.2) is 57.9 Å². The zero-order valence-electron chi connectivity index (χ0n) is 15.9. The van der Waals surface area contributed by atoms with Crippen molar-refractivity contribution >= 4 is 16.9 Å². The molecule has 1 fully saturated rings. The van der Waals surface area contributed by atoms with Gasteiger partial charge in [0.2, 0.25) is 0 Å². The molecule has 1 amide bonds. The number of methoxy groups -OCH3 is 1. The first kappa shape index (κ1) is 18.6. The van der Waals surface area contributed by atoms with E-state index in [1.807, 2.05) is 12.3 Å². The number of hydrogen-bond donors (Lipinski definition) is 2. The number of rotatable bonds is 7. The van der Waals surface area contributed by atoms with Gasteiger partial charge in [-0.15, -0.1) is 0 Å². The summed E-state index contributed by atoms with van der Waals surface area (Å²) < 4.78 is 12.6. The molecular weight excluding hydrogens is 358 g/mol. The SMILES string of the molecule is COCCOC1CCC(NC(=O)c2cc(-n3ccnc3)nc3cc[nH]c23)CC1. The standard InChI is InChI=1S/C20H25N5O3/c1-27-10-11-28-15-4-2-14(3-5-15)23-20(26)16-12-18(25-9-8-21-13-25)24-17-6-7-22-19(16)17/h6-9,12-15,22H,2-5,10-11H2,1H3,(H,23,26). The lowest BCUT2D eigenvalue weighted by Crippen LogP contribution is -2.39. The second kappa shape index (κ2) is 8.53. The summed E-state index contributed by atoms with van der Waals surface area (Å²) in [6.45, 7) is 1.24. The van der Waals surface area contributed by atoms with Crippen molar-refractivity contribution in [1.82, 2.24) is 24.8 Å². The van der Waals surface area contributed by atoms with Crippen molar-refractivity contribution in [2.24, 2.45) is 0 Å². The van der Waals surface area contributed by atoms with E-state index < -0.39 is 0 Å². The lowest BCUT2D eigenvalue weighted by atomic mass is 9.92. The molecule has 8 heteroatoms. The average Bonchev–Trinajstić information content (AvgIpc) is 3.40. The Morgan fingerprint density at radius 1 is 1.32 bits per heavy atom. The van der Waals surface area contributed by atoms with Crippen LogP contribution in [0.2, 0.25) is 0 Å². The Bertz CT molecular complexity index is 913. The van der Waals surface area contributed by atoms with E-state index in [0.717, 1.165) is 36.7 Å². The molecule has 0 spiro atoms. The highest BCUT2D eigenvalue weighted by atomic mass is 16.5. The molecule has 1 aliphatic rings. The fourth-order valence-electron chi connectivity index (χ4n) is 3.67. The van der Waals surface area contributed by atoms with Crippen molar-refractivity contribution in [3.05, 3.63) is 42.6 Å². The van der Waals surface area contributed by atoms with Crippen molar-refractivity contribution in [2.75, 3.05) is 20.3 Å². The maximum atomic E-state index is 13.0. The molecule has 0 unspecified atom stereocenters. The maximum Gasteiger partial charge on any atom is 0.253 e. The number of aromatic amines is 1. The summed E-state index contributed by atoms with van der Waals surface area (Å²) in [5.74, 6) is 0.588. The van der Waals surface area contributed by atoms with E-state index in [9.17, 15) is 4.79 Å². The van der Waals surface area contributed by atoms with Gasteiger partial charge in [-0.3, -0.25) is 9.36 Å². The summed E-state index contributed by atoms with van der Waals surface area (Å²) >= 11 is 0. The fourth-order valence-corrected chi connectivity index (χ4v) is 3.67. The van der Waals surface area contributed by atoms with Gasteiger partial charge >= 0.3 is 0 Å². The highest BCUT2D eigenvalue weighted by Crippen LogP contribution is 2.23. The van der Waals surface area contributed by atoms with E-state index in [1.165, 1.54) is 0 Å². The number of H-pyrrole nitrogens is 1. The van der Waals surface area contributed by atoms with E-state index in [0.29, 0.717) is 24.6 Å². The van der Waals surface area contributed by atoms with Crippen molar-refractivity contribution in [2.45, 2.75) is 37.8 Å². The van der Waals surface area contributed by atoms with E-state index in [-0.39, 0.29) is 18.1 Å². The van der Waals surface area contributed by atoms with Gasteiger partial charge in [-0.25, -0.2) is 9.97 Å². The number of carbonyl (C=O) groups is 1. The van der Waals surface area contributed by atoms with E-state index >= 15 is 0 Å². The molecule has 2 N–H and O–H groups in total. The summed E-state index contributed by atoms with van der Waals surface area (Å²) in [5.41, 5.74) is 2.10. The van der Waals surface area contributed by atoms with Crippen molar-refractivity contribution in [1.29, 1.82) is 0 Å². The summed E-state index contributed by atoms with van der Waals surface area (Å²) in [7, 11) is 1.67. The minimum Gasteiger partial charge on any atom is -0.382 e. The Kier molecular flexibility index (Phi) is 5.68. The summed E-state index contributed by atoms with van der Waals surface area (Å²) in [5, 5.41) is 3.19. The summed E-state index contributed by atoms with van der Waals surface area (Å²) in [4.78, 5) is 24.8. The first-order valence-corrected chi connectivity index (χ1v) is 9.62. The number of aromatic nitrogens is 4. The van der Waals surface area contributed by atoms with Crippen LogP contribution in [0.1, 0.15) is 36.0 Å². The first-order valence-electron chi connectivity index (χ1n) is 9.62. The molecule has 3 aromatic heterocycles. The number of fused-ring (bicyclic) bond motifs is 1. The Balaban J connectivity index is 1.44. The highest BCUT2D eigenvalue weighted by Gasteiger charge is 2.24. The molecule has 0 radical (unpaired) electrons.